The Bertz CT molecular complexity index is 822. The van der Waals surface area contributed by atoms with E-state index < -0.39 is 10.0 Å². The van der Waals surface area contributed by atoms with Crippen LogP contribution < -0.4 is 10.6 Å². The van der Waals surface area contributed by atoms with E-state index in [1.807, 2.05) is 12.1 Å². The first-order valence-corrected chi connectivity index (χ1v) is 8.41. The number of guanidine groups is 1. The van der Waals surface area contributed by atoms with E-state index in [0.717, 1.165) is 12.0 Å². The van der Waals surface area contributed by atoms with E-state index >= 15 is 0 Å². The van der Waals surface area contributed by atoms with Crippen molar-refractivity contribution >= 4 is 33.3 Å². The molecule has 0 fully saturated rings. The summed E-state index contributed by atoms with van der Waals surface area (Å²) in [6, 6.07) is 8.45. The number of sulfonamides is 1. The van der Waals surface area contributed by atoms with Gasteiger partial charge in [-0.1, -0.05) is 11.6 Å². The molecule has 0 aliphatic carbocycles. The van der Waals surface area contributed by atoms with Gasteiger partial charge in [0.15, 0.2) is 0 Å². The molecule has 114 valence electrons. The summed E-state index contributed by atoms with van der Waals surface area (Å²) < 4.78 is 28.0. The lowest BCUT2D eigenvalue weighted by atomic mass is 10.2. The second-order valence-corrected chi connectivity index (χ2v) is 6.72. The van der Waals surface area contributed by atoms with Crippen molar-refractivity contribution in [1.29, 1.82) is 0 Å². The highest BCUT2D eigenvalue weighted by Crippen LogP contribution is 2.29. The van der Waals surface area contributed by atoms with Crippen LogP contribution in [-0.4, -0.2) is 25.9 Å². The number of nitrogens with one attached hydrogen (secondary N) is 2. The molecule has 0 saturated heterocycles. The molecule has 1 aromatic carbocycles. The topological polar surface area (TPSA) is 83.5 Å². The highest BCUT2D eigenvalue weighted by atomic mass is 35.5. The van der Waals surface area contributed by atoms with Crippen molar-refractivity contribution in [2.75, 3.05) is 11.9 Å². The van der Waals surface area contributed by atoms with Crippen molar-refractivity contribution < 1.29 is 8.42 Å². The van der Waals surface area contributed by atoms with Gasteiger partial charge in [0.25, 0.3) is 10.0 Å². The van der Waals surface area contributed by atoms with Crippen LogP contribution in [0.3, 0.4) is 0 Å². The number of rotatable bonds is 3. The van der Waals surface area contributed by atoms with Crippen LogP contribution in [0.2, 0.25) is 5.02 Å². The van der Waals surface area contributed by atoms with Gasteiger partial charge in [0, 0.05) is 24.0 Å². The second kappa shape index (κ2) is 5.94. The molecule has 1 aromatic heterocycles. The van der Waals surface area contributed by atoms with E-state index in [4.69, 9.17) is 11.6 Å². The van der Waals surface area contributed by atoms with Gasteiger partial charge in [0.2, 0.25) is 5.96 Å². The molecule has 2 N–H and O–H groups in total. The van der Waals surface area contributed by atoms with Crippen LogP contribution in [0.1, 0.15) is 5.56 Å². The normalized spacial score (nSPS) is 15.4. The average molecular weight is 337 g/mol. The highest BCUT2D eigenvalue weighted by Gasteiger charge is 2.24. The fourth-order valence-corrected chi connectivity index (χ4v) is 3.44. The van der Waals surface area contributed by atoms with Gasteiger partial charge in [-0.3, -0.25) is 4.98 Å². The molecule has 22 heavy (non-hydrogen) atoms. The molecule has 0 saturated carbocycles. The van der Waals surface area contributed by atoms with Crippen molar-refractivity contribution in [2.45, 2.75) is 11.3 Å². The van der Waals surface area contributed by atoms with Gasteiger partial charge in [-0.25, -0.2) is 0 Å². The zero-order valence-corrected chi connectivity index (χ0v) is 13.0. The van der Waals surface area contributed by atoms with Crippen LogP contribution in [-0.2, 0) is 16.4 Å². The Morgan fingerprint density at radius 1 is 1.18 bits per heavy atom. The predicted octanol–water partition coefficient (Wildman–Crippen LogP) is 2.04. The van der Waals surface area contributed by atoms with Crippen molar-refractivity contribution in [3.63, 3.8) is 0 Å². The van der Waals surface area contributed by atoms with E-state index in [1.165, 1.54) is 6.07 Å². The Balaban J connectivity index is 1.72. The smallest absolute Gasteiger partial charge is 0.287 e. The summed E-state index contributed by atoms with van der Waals surface area (Å²) in [7, 11) is -3.74. The minimum atomic E-state index is -3.74. The van der Waals surface area contributed by atoms with E-state index in [2.05, 4.69) is 20.0 Å². The van der Waals surface area contributed by atoms with Crippen molar-refractivity contribution in [3.8, 4) is 0 Å². The summed E-state index contributed by atoms with van der Waals surface area (Å²) in [5.74, 6) is 0.212. The summed E-state index contributed by atoms with van der Waals surface area (Å²) in [4.78, 5) is 4.03. The number of nitrogens with zero attached hydrogens (tertiary/aromatic N) is 2. The standard InChI is InChI=1S/C14H13ClN4O2S/c15-11-1-2-12-13(9-11)22(20,21)19-14(18-12)17-8-5-10-3-6-16-7-4-10/h1-4,6-7,9H,5,8H2,(H2,17,18,19). The van der Waals surface area contributed by atoms with Gasteiger partial charge in [0.1, 0.15) is 4.90 Å². The Kier molecular flexibility index (Phi) is 4.00. The van der Waals surface area contributed by atoms with Gasteiger partial charge in [-0.05, 0) is 42.3 Å². The first-order chi connectivity index (χ1) is 10.5. The number of aromatic nitrogens is 1. The van der Waals surface area contributed by atoms with Crippen LogP contribution in [0.25, 0.3) is 0 Å². The number of anilines is 1. The number of hydrogen-bond acceptors (Lipinski definition) is 5. The minimum Gasteiger partial charge on any atom is -0.355 e. The van der Waals surface area contributed by atoms with E-state index in [1.54, 1.807) is 24.5 Å². The number of benzene rings is 1. The van der Waals surface area contributed by atoms with Gasteiger partial charge in [-0.15, -0.1) is 4.40 Å². The third kappa shape index (κ3) is 3.20. The Morgan fingerprint density at radius 3 is 2.73 bits per heavy atom. The monoisotopic (exact) mass is 336 g/mol. The lowest BCUT2D eigenvalue weighted by Gasteiger charge is -2.19. The van der Waals surface area contributed by atoms with Crippen LogP contribution in [0.5, 0.6) is 0 Å². The Morgan fingerprint density at radius 2 is 1.95 bits per heavy atom. The third-order valence-electron chi connectivity index (χ3n) is 3.14. The third-order valence-corrected chi connectivity index (χ3v) is 4.69. The first-order valence-electron chi connectivity index (χ1n) is 6.59. The minimum absolute atomic E-state index is 0.0830. The van der Waals surface area contributed by atoms with Crippen molar-refractivity contribution in [3.05, 3.63) is 53.3 Å². The molecule has 8 heteroatoms. The SMILES string of the molecule is O=S1(=O)N=C(NCCc2ccncc2)Nc2ccc(Cl)cc21. The summed E-state index contributed by atoms with van der Waals surface area (Å²) in [5, 5.41) is 6.30. The highest BCUT2D eigenvalue weighted by molar-refractivity contribution is 7.90. The molecule has 1 aliphatic rings. The largest absolute Gasteiger partial charge is 0.355 e. The van der Waals surface area contributed by atoms with Gasteiger partial charge < -0.3 is 10.6 Å². The first kappa shape index (κ1) is 14.8. The number of halogens is 1. The molecule has 0 atom stereocenters. The van der Waals surface area contributed by atoms with E-state index in [0.29, 0.717) is 17.3 Å². The molecule has 0 bridgehead atoms. The maximum atomic E-state index is 12.1. The lowest BCUT2D eigenvalue weighted by Crippen LogP contribution is -2.35. The number of fused-ring (bicyclic) bond motifs is 1. The summed E-state index contributed by atoms with van der Waals surface area (Å²) >= 11 is 5.83. The Labute approximate surface area is 133 Å². The van der Waals surface area contributed by atoms with Crippen LogP contribution in [0.4, 0.5) is 5.69 Å². The van der Waals surface area contributed by atoms with E-state index in [-0.39, 0.29) is 10.9 Å². The molecule has 0 amide bonds. The number of hydrogen-bond donors (Lipinski definition) is 2. The molecule has 1 aliphatic heterocycles. The molecular formula is C14H13ClN4O2S. The molecule has 2 aromatic rings. The van der Waals surface area contributed by atoms with Gasteiger partial charge in [0.05, 0.1) is 5.69 Å². The molecule has 2 heterocycles. The van der Waals surface area contributed by atoms with Crippen molar-refractivity contribution in [2.24, 2.45) is 4.40 Å². The summed E-state index contributed by atoms with van der Waals surface area (Å²) in [6.07, 6.45) is 4.17. The lowest BCUT2D eigenvalue weighted by molar-refractivity contribution is 0.597. The van der Waals surface area contributed by atoms with Gasteiger partial charge in [-0.2, -0.15) is 8.42 Å². The van der Waals surface area contributed by atoms with E-state index in [9.17, 15) is 8.42 Å². The van der Waals surface area contributed by atoms with Crippen LogP contribution >= 0.6 is 11.6 Å². The quantitative estimate of drug-likeness (QED) is 0.896. The summed E-state index contributed by atoms with van der Waals surface area (Å²) in [6.45, 7) is 0.550. The zero-order valence-electron chi connectivity index (χ0n) is 11.5. The van der Waals surface area contributed by atoms with Gasteiger partial charge >= 0.3 is 0 Å². The molecule has 0 radical (unpaired) electrons. The summed E-state index contributed by atoms with van der Waals surface area (Å²) in [5.41, 5.74) is 1.57. The molecular weight excluding hydrogens is 324 g/mol. The predicted molar refractivity (Wildman–Crippen MR) is 85.6 cm³/mol. The fraction of sp³-hybridized carbons (Fsp3) is 0.143. The maximum Gasteiger partial charge on any atom is 0.287 e. The average Bonchev–Trinajstić information content (AvgIpc) is 2.49. The second-order valence-electron chi connectivity index (χ2n) is 4.71. The maximum absolute atomic E-state index is 12.1. The number of pyridine rings is 1. The fourth-order valence-electron chi connectivity index (χ4n) is 2.08. The Hall–Kier alpha value is -2.12. The van der Waals surface area contributed by atoms with Crippen molar-refractivity contribution in [1.82, 2.24) is 10.3 Å². The van der Waals surface area contributed by atoms with Crippen LogP contribution in [0, 0.1) is 0 Å². The molecule has 3 rings (SSSR count). The molecule has 6 nitrogen and oxygen atoms in total. The molecule has 0 unspecified atom stereocenters. The van der Waals surface area contributed by atoms with Crippen LogP contribution in [0.15, 0.2) is 52.0 Å². The zero-order chi connectivity index (χ0) is 15.6. The molecule has 0 spiro atoms.